The fourth-order valence-electron chi connectivity index (χ4n) is 2.28. The summed E-state index contributed by atoms with van der Waals surface area (Å²) in [6, 6.07) is 7.97. The van der Waals surface area contributed by atoms with Gasteiger partial charge in [0.25, 0.3) is 5.04 Å². The van der Waals surface area contributed by atoms with Crippen LogP contribution in [0.3, 0.4) is 0 Å². The van der Waals surface area contributed by atoms with Gasteiger partial charge in [-0.25, -0.2) is 27.6 Å². The number of halogens is 1. The van der Waals surface area contributed by atoms with Gasteiger partial charge in [0, 0.05) is 6.20 Å². The van der Waals surface area contributed by atoms with Crippen molar-refractivity contribution in [3.8, 4) is 0 Å². The van der Waals surface area contributed by atoms with Gasteiger partial charge in [0.05, 0.1) is 5.69 Å². The molecule has 0 radical (unpaired) electrons. The summed E-state index contributed by atoms with van der Waals surface area (Å²) >= 11 is 0. The lowest BCUT2D eigenvalue weighted by atomic mass is 10.2. The molecule has 0 unspecified atom stereocenters. The Labute approximate surface area is 150 Å². The fourth-order valence-corrected chi connectivity index (χ4v) is 3.58. The summed E-state index contributed by atoms with van der Waals surface area (Å²) in [5, 5.41) is 4.39. The second-order valence-electron chi connectivity index (χ2n) is 6.52. The van der Waals surface area contributed by atoms with E-state index in [9.17, 15) is 17.6 Å². The molecule has 3 rings (SSSR count). The summed E-state index contributed by atoms with van der Waals surface area (Å²) < 4.78 is 44.0. The van der Waals surface area contributed by atoms with Crippen LogP contribution in [0.2, 0.25) is 0 Å². The van der Waals surface area contributed by atoms with Crippen LogP contribution in [0.1, 0.15) is 20.8 Å². The second-order valence-corrected chi connectivity index (χ2v) is 8.36. The zero-order valence-electron chi connectivity index (χ0n) is 14.3. The largest absolute Gasteiger partial charge is 0.455 e. The average molecular weight is 377 g/mol. The van der Waals surface area contributed by atoms with E-state index >= 15 is 0 Å². The Morgan fingerprint density at radius 2 is 1.81 bits per heavy atom. The molecule has 9 heteroatoms. The van der Waals surface area contributed by atoms with Gasteiger partial charge < -0.3 is 4.74 Å². The number of aromatic nitrogens is 1. The highest BCUT2D eigenvalue weighted by atomic mass is 32.2. The minimum absolute atomic E-state index is 0.0198. The van der Waals surface area contributed by atoms with E-state index in [4.69, 9.17) is 4.74 Å². The molecule has 26 heavy (non-hydrogen) atoms. The summed E-state index contributed by atoms with van der Waals surface area (Å²) in [5.74, 6) is -1.51. The summed E-state index contributed by atoms with van der Waals surface area (Å²) in [6.07, 6.45) is 1.40. The fraction of sp³-hybridized carbons (Fsp3) is 0.235. The third-order valence-corrected chi connectivity index (χ3v) is 4.99. The molecule has 0 saturated heterocycles. The number of sulfone groups is 1. The van der Waals surface area contributed by atoms with Crippen molar-refractivity contribution in [2.24, 2.45) is 5.10 Å². The molecule has 2 heterocycles. The molecule has 2 aromatic rings. The van der Waals surface area contributed by atoms with Crippen molar-refractivity contribution in [1.29, 1.82) is 0 Å². The number of carbonyl (C=O) groups excluding carboxylic acids is 1. The average Bonchev–Trinajstić information content (AvgIpc) is 2.54. The van der Waals surface area contributed by atoms with Crippen LogP contribution in [0.4, 0.5) is 15.9 Å². The molecular weight excluding hydrogens is 361 g/mol. The van der Waals surface area contributed by atoms with E-state index in [0.29, 0.717) is 5.69 Å². The number of nitrogens with zero attached hydrogens (tertiary/aromatic N) is 3. The molecule has 1 aromatic carbocycles. The van der Waals surface area contributed by atoms with Gasteiger partial charge in [0.1, 0.15) is 16.3 Å². The van der Waals surface area contributed by atoms with Crippen molar-refractivity contribution in [1.82, 2.24) is 4.98 Å². The minimum atomic E-state index is -4.21. The molecular formula is C17H16FN3O4S. The zero-order chi connectivity index (χ0) is 19.1. The Balaban J connectivity index is 2.18. The van der Waals surface area contributed by atoms with E-state index in [2.05, 4.69) is 10.1 Å². The molecule has 136 valence electrons. The lowest BCUT2D eigenvalue weighted by Gasteiger charge is -2.27. The lowest BCUT2D eigenvalue weighted by Crippen LogP contribution is -2.37. The lowest BCUT2D eigenvalue weighted by molar-refractivity contribution is -0.145. The van der Waals surface area contributed by atoms with Gasteiger partial charge >= 0.3 is 5.97 Å². The number of fused-ring (bicyclic) bond motifs is 1. The van der Waals surface area contributed by atoms with Crippen LogP contribution in [-0.2, 0) is 19.4 Å². The molecule has 1 aliphatic rings. The van der Waals surface area contributed by atoms with E-state index in [0.717, 1.165) is 0 Å². The van der Waals surface area contributed by atoms with Crippen molar-refractivity contribution < 1.29 is 22.3 Å². The van der Waals surface area contributed by atoms with Gasteiger partial charge in [-0.3, -0.25) is 0 Å². The number of hydrogen-bond donors (Lipinski definition) is 0. The molecule has 0 amide bonds. The maximum Gasteiger partial charge on any atom is 0.371 e. The number of pyridine rings is 1. The van der Waals surface area contributed by atoms with Crippen LogP contribution in [0.5, 0.6) is 0 Å². The molecule has 0 bridgehead atoms. The Bertz CT molecular complexity index is 995. The van der Waals surface area contributed by atoms with Crippen molar-refractivity contribution in [3.63, 3.8) is 0 Å². The Hall–Kier alpha value is -2.81. The first kappa shape index (κ1) is 18.0. The number of hydrazone groups is 1. The van der Waals surface area contributed by atoms with Gasteiger partial charge in [0.2, 0.25) is 9.84 Å². The highest BCUT2D eigenvalue weighted by molar-refractivity contribution is 8.08. The molecule has 0 spiro atoms. The van der Waals surface area contributed by atoms with E-state index < -0.39 is 32.3 Å². The molecule has 1 aliphatic heterocycles. The minimum Gasteiger partial charge on any atom is -0.455 e. The maximum atomic E-state index is 13.2. The van der Waals surface area contributed by atoms with Crippen LogP contribution in [0.25, 0.3) is 0 Å². The number of esters is 1. The SMILES string of the molecule is CC(C)(C)OC(=O)C1=NN(c2ccc(F)cc2)c2ncccc2S1(=O)=O. The first-order valence-corrected chi connectivity index (χ1v) is 9.16. The number of rotatable bonds is 2. The Morgan fingerprint density at radius 1 is 1.15 bits per heavy atom. The van der Waals surface area contributed by atoms with Gasteiger partial charge in [-0.15, -0.1) is 5.10 Å². The Morgan fingerprint density at radius 3 is 2.42 bits per heavy atom. The smallest absolute Gasteiger partial charge is 0.371 e. The van der Waals surface area contributed by atoms with Gasteiger partial charge in [-0.05, 0) is 57.2 Å². The molecule has 0 fully saturated rings. The van der Waals surface area contributed by atoms with E-state index in [1.807, 2.05) is 0 Å². The molecule has 0 saturated carbocycles. The first-order chi connectivity index (χ1) is 12.1. The van der Waals surface area contributed by atoms with Gasteiger partial charge in [-0.2, -0.15) is 0 Å². The summed E-state index contributed by atoms with van der Waals surface area (Å²) in [4.78, 5) is 16.3. The van der Waals surface area contributed by atoms with Crippen molar-refractivity contribution in [3.05, 3.63) is 48.4 Å². The molecule has 0 aliphatic carbocycles. The third-order valence-electron chi connectivity index (χ3n) is 3.33. The van der Waals surface area contributed by atoms with Crippen LogP contribution in [0, 0.1) is 5.82 Å². The summed E-state index contributed by atoms with van der Waals surface area (Å²) in [6.45, 7) is 4.86. The number of carbonyl (C=O) groups is 1. The second kappa shape index (κ2) is 6.17. The van der Waals surface area contributed by atoms with E-state index in [-0.39, 0.29) is 10.7 Å². The van der Waals surface area contributed by atoms with Gasteiger partial charge in [-0.1, -0.05) is 0 Å². The van der Waals surface area contributed by atoms with Crippen LogP contribution >= 0.6 is 0 Å². The van der Waals surface area contributed by atoms with Gasteiger partial charge in [0.15, 0.2) is 5.82 Å². The summed E-state index contributed by atoms with van der Waals surface area (Å²) in [7, 11) is -4.21. The van der Waals surface area contributed by atoms with Crippen molar-refractivity contribution >= 4 is 32.4 Å². The Kier molecular flexibility index (Phi) is 4.27. The third kappa shape index (κ3) is 3.30. The quantitative estimate of drug-likeness (QED) is 0.748. The normalized spacial score (nSPS) is 15.8. The maximum absolute atomic E-state index is 13.2. The monoisotopic (exact) mass is 377 g/mol. The predicted molar refractivity (Wildman–Crippen MR) is 93.2 cm³/mol. The molecule has 7 nitrogen and oxygen atoms in total. The number of ether oxygens (including phenoxy) is 1. The van der Waals surface area contributed by atoms with E-state index in [1.54, 1.807) is 20.8 Å². The predicted octanol–water partition coefficient (Wildman–Crippen LogP) is 2.80. The number of hydrogen-bond acceptors (Lipinski definition) is 7. The van der Waals surface area contributed by atoms with Crippen LogP contribution < -0.4 is 5.01 Å². The van der Waals surface area contributed by atoms with Crippen LogP contribution in [0.15, 0.2) is 52.6 Å². The molecule has 0 N–H and O–H groups in total. The number of benzene rings is 1. The van der Waals surface area contributed by atoms with Crippen molar-refractivity contribution in [2.75, 3.05) is 5.01 Å². The zero-order valence-corrected chi connectivity index (χ0v) is 15.1. The summed E-state index contributed by atoms with van der Waals surface area (Å²) in [5.41, 5.74) is -0.548. The highest BCUT2D eigenvalue weighted by Gasteiger charge is 2.40. The highest BCUT2D eigenvalue weighted by Crippen LogP contribution is 2.35. The standard InChI is InChI=1S/C17H16FN3O4S/c1-17(2,3)25-16(22)15-20-21(12-8-6-11(18)7-9-12)14-13(26(15,23)24)5-4-10-19-14/h4-10H,1-3H3. The van der Waals surface area contributed by atoms with E-state index in [1.165, 1.54) is 47.6 Å². The topological polar surface area (TPSA) is 88.9 Å². The molecule has 1 aromatic heterocycles. The van der Waals surface area contributed by atoms with Crippen molar-refractivity contribution in [2.45, 2.75) is 31.3 Å². The first-order valence-electron chi connectivity index (χ1n) is 7.67. The molecule has 0 atom stereocenters. The van der Waals surface area contributed by atoms with Crippen LogP contribution in [-0.4, -0.2) is 30.0 Å². The number of anilines is 2.